The number of hydrogen-bond donors (Lipinski definition) is 2. The lowest BCUT2D eigenvalue weighted by atomic mass is 10.1. The Bertz CT molecular complexity index is 821. The summed E-state index contributed by atoms with van der Waals surface area (Å²) in [7, 11) is 1.39. The molecule has 1 aromatic carbocycles. The summed E-state index contributed by atoms with van der Waals surface area (Å²) in [6.45, 7) is 5.68. The van der Waals surface area contributed by atoms with Crippen molar-refractivity contribution >= 4 is 17.4 Å². The lowest BCUT2D eigenvalue weighted by Crippen LogP contribution is -2.30. The second kappa shape index (κ2) is 7.38. The van der Waals surface area contributed by atoms with Crippen LogP contribution >= 0.6 is 11.8 Å². The monoisotopic (exact) mass is 373 g/mol. The highest BCUT2D eigenvalue weighted by atomic mass is 32.2. The lowest BCUT2D eigenvalue weighted by Gasteiger charge is -2.14. The molecule has 0 aliphatic carbocycles. The van der Waals surface area contributed by atoms with E-state index in [4.69, 9.17) is 4.74 Å². The van der Waals surface area contributed by atoms with Crippen LogP contribution in [0.1, 0.15) is 19.4 Å². The summed E-state index contributed by atoms with van der Waals surface area (Å²) in [4.78, 5) is 11.7. The number of H-pyrrole nitrogens is 1. The molecule has 3 rings (SSSR count). The van der Waals surface area contributed by atoms with E-state index in [9.17, 15) is 18.0 Å². The van der Waals surface area contributed by atoms with E-state index in [0.29, 0.717) is 39.2 Å². The number of anilines is 1. The van der Waals surface area contributed by atoms with Crippen molar-refractivity contribution in [2.24, 2.45) is 0 Å². The summed E-state index contributed by atoms with van der Waals surface area (Å²) in [5.41, 5.74) is 1.44. The SMILES string of the molecule is CC.COc1ccc(-c2n[nH]c(=O)cc2C)c2c1NC(C(F)(F)F)S2. The van der Waals surface area contributed by atoms with E-state index >= 15 is 0 Å². The van der Waals surface area contributed by atoms with Crippen molar-refractivity contribution in [1.29, 1.82) is 0 Å². The van der Waals surface area contributed by atoms with Gasteiger partial charge in [0.1, 0.15) is 5.75 Å². The first-order valence-electron chi connectivity index (χ1n) is 7.59. The first-order chi connectivity index (χ1) is 11.8. The molecule has 0 spiro atoms. The van der Waals surface area contributed by atoms with Gasteiger partial charge >= 0.3 is 6.18 Å². The minimum absolute atomic E-state index is 0.282. The summed E-state index contributed by atoms with van der Waals surface area (Å²) in [6, 6.07) is 4.57. The number of ether oxygens (including phenoxy) is 1. The fraction of sp³-hybridized carbons (Fsp3) is 0.375. The second-order valence-corrected chi connectivity index (χ2v) is 6.08. The van der Waals surface area contributed by atoms with E-state index in [1.54, 1.807) is 19.1 Å². The third-order valence-electron chi connectivity index (χ3n) is 3.40. The topological polar surface area (TPSA) is 67.0 Å². The Balaban J connectivity index is 0.00000109. The van der Waals surface area contributed by atoms with E-state index in [-0.39, 0.29) is 11.2 Å². The van der Waals surface area contributed by atoms with Gasteiger partial charge in [-0.1, -0.05) is 25.6 Å². The largest absolute Gasteiger partial charge is 0.495 e. The molecule has 2 N–H and O–H groups in total. The van der Waals surface area contributed by atoms with E-state index in [0.717, 1.165) is 0 Å². The highest BCUT2D eigenvalue weighted by molar-refractivity contribution is 8.00. The number of nitrogens with zero attached hydrogens (tertiary/aromatic N) is 1. The lowest BCUT2D eigenvalue weighted by molar-refractivity contribution is -0.123. The molecule has 0 radical (unpaired) electrons. The zero-order valence-corrected chi connectivity index (χ0v) is 14.9. The number of halogens is 3. The van der Waals surface area contributed by atoms with Crippen LogP contribution in [-0.2, 0) is 0 Å². The molecule has 1 unspecified atom stereocenters. The van der Waals surface area contributed by atoms with Gasteiger partial charge in [-0.2, -0.15) is 18.3 Å². The number of fused-ring (bicyclic) bond motifs is 1. The summed E-state index contributed by atoms with van der Waals surface area (Å²) in [5.74, 6) is 0.324. The predicted octanol–water partition coefficient (Wildman–Crippen LogP) is 4.19. The minimum atomic E-state index is -4.40. The van der Waals surface area contributed by atoms with Gasteiger partial charge in [0.05, 0.1) is 18.5 Å². The predicted molar refractivity (Wildman–Crippen MR) is 92.3 cm³/mol. The quantitative estimate of drug-likeness (QED) is 0.826. The highest BCUT2D eigenvalue weighted by Crippen LogP contribution is 2.52. The van der Waals surface area contributed by atoms with Crippen molar-refractivity contribution in [3.63, 3.8) is 0 Å². The number of aromatic nitrogens is 2. The molecule has 2 aromatic rings. The molecule has 1 aromatic heterocycles. The van der Waals surface area contributed by atoms with Gasteiger partial charge in [-0.05, 0) is 24.6 Å². The standard InChI is InChI=1S/C14H12F3N3O2S.C2H6/c1-6-5-9(21)19-20-10(6)7-3-4-8(22-2)11-12(7)23-13(18-11)14(15,16)17;1-2/h3-5,13,18H,1-2H3,(H,19,21);1-2H3. The van der Waals surface area contributed by atoms with Crippen LogP contribution in [0, 0.1) is 6.92 Å². The maximum Gasteiger partial charge on any atom is 0.418 e. The summed E-state index contributed by atoms with van der Waals surface area (Å²) < 4.78 is 44.3. The average Bonchev–Trinajstić information content (AvgIpc) is 3.02. The van der Waals surface area contributed by atoms with Gasteiger partial charge in [-0.15, -0.1) is 0 Å². The molecular formula is C16H18F3N3O2S. The smallest absolute Gasteiger partial charge is 0.418 e. The molecular weight excluding hydrogens is 355 g/mol. The molecule has 9 heteroatoms. The molecule has 0 bridgehead atoms. The number of hydrogen-bond acceptors (Lipinski definition) is 5. The van der Waals surface area contributed by atoms with Gasteiger partial charge in [-0.3, -0.25) is 4.79 Å². The molecule has 0 saturated heterocycles. The molecule has 0 fully saturated rings. The van der Waals surface area contributed by atoms with Crippen LogP contribution < -0.4 is 15.6 Å². The fourth-order valence-corrected chi connectivity index (χ4v) is 3.49. The summed E-state index contributed by atoms with van der Waals surface area (Å²) in [6.07, 6.45) is -4.40. The third-order valence-corrected chi connectivity index (χ3v) is 4.68. The van der Waals surface area contributed by atoms with Gasteiger partial charge in [0.25, 0.3) is 5.56 Å². The average molecular weight is 373 g/mol. The molecule has 1 atom stereocenters. The highest BCUT2D eigenvalue weighted by Gasteiger charge is 2.45. The number of nitrogens with one attached hydrogen (secondary N) is 2. The zero-order chi connectivity index (χ0) is 18.8. The van der Waals surface area contributed by atoms with Crippen LogP contribution in [0.3, 0.4) is 0 Å². The summed E-state index contributed by atoms with van der Waals surface area (Å²) in [5, 5.41) is 6.97. The van der Waals surface area contributed by atoms with E-state index in [2.05, 4.69) is 15.5 Å². The third kappa shape index (κ3) is 3.76. The second-order valence-electron chi connectivity index (χ2n) is 4.97. The number of rotatable bonds is 2. The van der Waals surface area contributed by atoms with E-state index in [1.807, 2.05) is 13.8 Å². The van der Waals surface area contributed by atoms with E-state index in [1.165, 1.54) is 13.2 Å². The van der Waals surface area contributed by atoms with Gasteiger partial charge < -0.3 is 10.1 Å². The van der Waals surface area contributed by atoms with Gasteiger partial charge in [0.2, 0.25) is 0 Å². The molecule has 5 nitrogen and oxygen atoms in total. The maximum atomic E-state index is 13.0. The number of thioether (sulfide) groups is 1. The number of aryl methyl sites for hydroxylation is 1. The Morgan fingerprint density at radius 2 is 1.96 bits per heavy atom. The van der Waals surface area contributed by atoms with Crippen molar-refractivity contribution in [2.75, 3.05) is 12.4 Å². The fourth-order valence-electron chi connectivity index (χ4n) is 2.38. The molecule has 2 heterocycles. The van der Waals surface area contributed by atoms with Crippen molar-refractivity contribution in [3.8, 4) is 17.0 Å². The van der Waals surface area contributed by atoms with Gasteiger partial charge in [-0.25, -0.2) is 5.10 Å². The first-order valence-corrected chi connectivity index (χ1v) is 8.47. The van der Waals surface area contributed by atoms with Crippen LogP contribution in [0.25, 0.3) is 11.3 Å². The zero-order valence-electron chi connectivity index (χ0n) is 14.1. The Morgan fingerprint density at radius 1 is 1.28 bits per heavy atom. The molecule has 1 aliphatic rings. The number of aromatic amines is 1. The minimum Gasteiger partial charge on any atom is -0.495 e. The number of methoxy groups -OCH3 is 1. The van der Waals surface area contributed by atoms with Crippen LogP contribution in [0.2, 0.25) is 0 Å². The van der Waals surface area contributed by atoms with Crippen molar-refractivity contribution < 1.29 is 17.9 Å². The first kappa shape index (κ1) is 19.2. The van der Waals surface area contributed by atoms with Crippen LogP contribution in [0.4, 0.5) is 18.9 Å². The Kier molecular flexibility index (Phi) is 5.66. The molecule has 136 valence electrons. The summed E-state index contributed by atoms with van der Waals surface area (Å²) >= 11 is 0.659. The van der Waals surface area contributed by atoms with Gasteiger partial charge in [0, 0.05) is 16.5 Å². The van der Waals surface area contributed by atoms with Crippen LogP contribution in [0.15, 0.2) is 27.9 Å². The normalized spacial score (nSPS) is 15.7. The van der Waals surface area contributed by atoms with E-state index < -0.39 is 11.6 Å². The molecule has 1 aliphatic heterocycles. The Labute approximate surface area is 147 Å². The Morgan fingerprint density at radius 3 is 2.52 bits per heavy atom. The number of alkyl halides is 3. The maximum absolute atomic E-state index is 13.0. The number of benzene rings is 1. The molecule has 25 heavy (non-hydrogen) atoms. The van der Waals surface area contributed by atoms with Crippen molar-refractivity contribution in [3.05, 3.63) is 34.1 Å². The molecule has 0 saturated carbocycles. The van der Waals surface area contributed by atoms with Crippen LogP contribution in [-0.4, -0.2) is 28.9 Å². The van der Waals surface area contributed by atoms with Gasteiger partial charge in [0.15, 0.2) is 5.37 Å². The van der Waals surface area contributed by atoms with Crippen molar-refractivity contribution in [2.45, 2.75) is 37.2 Å². The van der Waals surface area contributed by atoms with Crippen LogP contribution in [0.5, 0.6) is 5.75 Å². The van der Waals surface area contributed by atoms with Crippen molar-refractivity contribution in [1.82, 2.24) is 10.2 Å². The Hall–Kier alpha value is -2.16. The molecule has 0 amide bonds.